The second-order valence-electron chi connectivity index (χ2n) is 4.78. The zero-order valence-electron chi connectivity index (χ0n) is 11.5. The molecule has 0 aliphatic heterocycles. The number of thioether (sulfide) groups is 1. The minimum atomic E-state index is -0.410. The maximum Gasteiger partial charge on any atom is 0.123 e. The average Bonchev–Trinajstić information content (AvgIpc) is 2.49. The van der Waals surface area contributed by atoms with Crippen molar-refractivity contribution in [1.29, 1.82) is 0 Å². The summed E-state index contributed by atoms with van der Waals surface area (Å²) in [5.74, 6) is -0.323. The molecule has 0 aliphatic carbocycles. The van der Waals surface area contributed by atoms with Gasteiger partial charge in [0.2, 0.25) is 0 Å². The molecule has 1 heterocycles. The third-order valence-corrected chi connectivity index (χ3v) is 4.90. The summed E-state index contributed by atoms with van der Waals surface area (Å²) in [5.41, 5.74) is 6.60. The van der Waals surface area contributed by atoms with Crippen LogP contribution in [0.15, 0.2) is 41.6 Å². The van der Waals surface area contributed by atoms with Crippen LogP contribution in [0.2, 0.25) is 10.0 Å². The molecular formula is C15H15Cl2FN2OS. The summed E-state index contributed by atoms with van der Waals surface area (Å²) in [6.07, 6.45) is 1.97. The Labute approximate surface area is 142 Å². The van der Waals surface area contributed by atoms with Gasteiger partial charge in [-0.3, -0.25) is 0 Å². The normalized spacial score (nSPS) is 13.9. The van der Waals surface area contributed by atoms with Crippen molar-refractivity contribution in [3.05, 3.63) is 58.0 Å². The quantitative estimate of drug-likeness (QED) is 0.762. The second kappa shape index (κ2) is 8.13. The summed E-state index contributed by atoms with van der Waals surface area (Å²) in [7, 11) is 0. The van der Waals surface area contributed by atoms with Gasteiger partial charge in [-0.25, -0.2) is 9.37 Å². The van der Waals surface area contributed by atoms with E-state index < -0.39 is 6.04 Å². The fourth-order valence-electron chi connectivity index (χ4n) is 1.93. The first kappa shape index (κ1) is 17.5. The number of aliphatic hydroxyl groups is 1. The van der Waals surface area contributed by atoms with Gasteiger partial charge in [0, 0.05) is 17.5 Å². The number of aromatic nitrogens is 1. The Morgan fingerprint density at radius 1 is 1.32 bits per heavy atom. The predicted octanol–water partition coefficient (Wildman–Crippen LogP) is 4.07. The summed E-state index contributed by atoms with van der Waals surface area (Å²) in [4.78, 5) is 4.20. The van der Waals surface area contributed by atoms with Crippen molar-refractivity contribution in [2.75, 3.05) is 6.61 Å². The molecule has 0 amide bonds. The van der Waals surface area contributed by atoms with Crippen LogP contribution in [0.1, 0.15) is 17.2 Å². The molecule has 2 rings (SSSR count). The lowest BCUT2D eigenvalue weighted by Gasteiger charge is -2.20. The highest BCUT2D eigenvalue weighted by Gasteiger charge is 2.19. The van der Waals surface area contributed by atoms with Crippen LogP contribution >= 0.6 is 35.0 Å². The number of hydrogen-bond acceptors (Lipinski definition) is 4. The first-order valence-corrected chi connectivity index (χ1v) is 8.22. The molecule has 1 aromatic heterocycles. The topological polar surface area (TPSA) is 59.1 Å². The second-order valence-corrected chi connectivity index (χ2v) is 6.82. The summed E-state index contributed by atoms with van der Waals surface area (Å²) in [6, 6.07) is 7.48. The van der Waals surface area contributed by atoms with Crippen LogP contribution in [-0.4, -0.2) is 22.7 Å². The third-order valence-electron chi connectivity index (χ3n) is 3.00. The molecule has 7 heteroatoms. The van der Waals surface area contributed by atoms with Crippen molar-refractivity contribution in [3.8, 4) is 0 Å². The Morgan fingerprint density at radius 3 is 2.73 bits per heavy atom. The Hall–Kier alpha value is -0.850. The molecule has 0 saturated carbocycles. The minimum absolute atomic E-state index is 0.145. The molecule has 2 aromatic rings. The van der Waals surface area contributed by atoms with Crippen molar-refractivity contribution in [3.63, 3.8) is 0 Å². The van der Waals surface area contributed by atoms with E-state index in [2.05, 4.69) is 4.98 Å². The van der Waals surface area contributed by atoms with E-state index in [0.29, 0.717) is 21.5 Å². The van der Waals surface area contributed by atoms with Crippen LogP contribution < -0.4 is 5.73 Å². The van der Waals surface area contributed by atoms with Gasteiger partial charge in [-0.1, -0.05) is 47.1 Å². The lowest BCUT2D eigenvalue weighted by Crippen LogP contribution is -2.26. The van der Waals surface area contributed by atoms with Gasteiger partial charge in [-0.15, -0.1) is 0 Å². The van der Waals surface area contributed by atoms with Crippen LogP contribution in [0.25, 0.3) is 0 Å². The van der Waals surface area contributed by atoms with E-state index in [-0.39, 0.29) is 17.7 Å². The average molecular weight is 361 g/mol. The largest absolute Gasteiger partial charge is 0.395 e. The summed E-state index contributed by atoms with van der Waals surface area (Å²) in [5, 5.41) is 10.5. The number of pyridine rings is 1. The Bertz CT molecular complexity index is 645. The summed E-state index contributed by atoms with van der Waals surface area (Å²) in [6.45, 7) is -0.145. The van der Waals surface area contributed by atoms with Gasteiger partial charge in [0.25, 0.3) is 0 Å². The molecule has 1 aromatic carbocycles. The fraction of sp³-hybridized carbons (Fsp3) is 0.267. The number of rotatable bonds is 6. The van der Waals surface area contributed by atoms with E-state index in [9.17, 15) is 9.50 Å². The number of nitrogens with zero attached hydrogens (tertiary/aromatic N) is 1. The van der Waals surface area contributed by atoms with Crippen molar-refractivity contribution < 1.29 is 9.50 Å². The monoisotopic (exact) mass is 360 g/mol. The van der Waals surface area contributed by atoms with Gasteiger partial charge < -0.3 is 10.8 Å². The number of nitrogens with two attached hydrogens (primary N) is 1. The lowest BCUT2D eigenvalue weighted by molar-refractivity contribution is 0.259. The fourth-order valence-corrected chi connectivity index (χ4v) is 3.63. The molecule has 0 radical (unpaired) electrons. The standard InChI is InChI=1S/C15H15Cl2FN2OS/c16-10-5-13(17)15(20-7-10)22-14(6-12(19)8-21)9-2-1-3-11(18)4-9/h1-5,7,12,14,21H,6,8,19H2/t12-,14+/m0/s1. The van der Waals surface area contributed by atoms with Crippen LogP contribution in [-0.2, 0) is 0 Å². The molecule has 0 unspecified atom stereocenters. The molecule has 2 atom stereocenters. The van der Waals surface area contributed by atoms with E-state index in [1.165, 1.54) is 30.1 Å². The highest BCUT2D eigenvalue weighted by atomic mass is 35.5. The maximum absolute atomic E-state index is 13.5. The molecule has 0 aliphatic rings. The predicted molar refractivity (Wildman–Crippen MR) is 88.9 cm³/mol. The third kappa shape index (κ3) is 4.83. The van der Waals surface area contributed by atoms with E-state index in [4.69, 9.17) is 28.9 Å². The van der Waals surface area contributed by atoms with Gasteiger partial charge in [-0.05, 0) is 30.2 Å². The Balaban J connectivity index is 2.28. The first-order chi connectivity index (χ1) is 10.5. The Morgan fingerprint density at radius 2 is 2.09 bits per heavy atom. The Kier molecular flexibility index (Phi) is 6.47. The lowest BCUT2D eigenvalue weighted by atomic mass is 10.1. The first-order valence-electron chi connectivity index (χ1n) is 6.59. The smallest absolute Gasteiger partial charge is 0.123 e. The van der Waals surface area contributed by atoms with Gasteiger partial charge in [0.15, 0.2) is 0 Å². The SMILES string of the molecule is N[C@H](CO)C[C@@H](Sc1ncc(Cl)cc1Cl)c1cccc(F)c1. The van der Waals surface area contributed by atoms with Gasteiger partial charge in [0.1, 0.15) is 10.8 Å². The minimum Gasteiger partial charge on any atom is -0.395 e. The zero-order chi connectivity index (χ0) is 16.1. The van der Waals surface area contributed by atoms with Crippen LogP contribution in [0, 0.1) is 5.82 Å². The number of halogens is 3. The number of benzene rings is 1. The molecule has 118 valence electrons. The van der Waals surface area contributed by atoms with E-state index in [1.807, 2.05) is 6.07 Å². The summed E-state index contributed by atoms with van der Waals surface area (Å²) < 4.78 is 13.5. The van der Waals surface area contributed by atoms with Crippen molar-refractivity contribution >= 4 is 35.0 Å². The van der Waals surface area contributed by atoms with Crippen LogP contribution in [0.3, 0.4) is 0 Å². The summed E-state index contributed by atoms with van der Waals surface area (Å²) >= 11 is 13.3. The highest BCUT2D eigenvalue weighted by molar-refractivity contribution is 7.99. The van der Waals surface area contributed by atoms with Gasteiger partial charge in [0.05, 0.1) is 16.7 Å². The van der Waals surface area contributed by atoms with E-state index in [0.717, 1.165) is 5.56 Å². The zero-order valence-corrected chi connectivity index (χ0v) is 13.9. The van der Waals surface area contributed by atoms with Crippen molar-refractivity contribution in [2.45, 2.75) is 22.7 Å². The van der Waals surface area contributed by atoms with Crippen LogP contribution in [0.4, 0.5) is 4.39 Å². The van der Waals surface area contributed by atoms with Crippen molar-refractivity contribution in [1.82, 2.24) is 4.98 Å². The molecule has 22 heavy (non-hydrogen) atoms. The van der Waals surface area contributed by atoms with E-state index >= 15 is 0 Å². The molecule has 0 spiro atoms. The van der Waals surface area contributed by atoms with Crippen LogP contribution in [0.5, 0.6) is 0 Å². The van der Waals surface area contributed by atoms with E-state index in [1.54, 1.807) is 12.1 Å². The molecule has 0 fully saturated rings. The molecule has 0 saturated heterocycles. The maximum atomic E-state index is 13.5. The van der Waals surface area contributed by atoms with Gasteiger partial charge >= 0.3 is 0 Å². The van der Waals surface area contributed by atoms with Gasteiger partial charge in [-0.2, -0.15) is 0 Å². The molecule has 3 nitrogen and oxygen atoms in total. The molecule has 0 bridgehead atoms. The number of aliphatic hydroxyl groups excluding tert-OH is 1. The molecule has 3 N–H and O–H groups in total. The highest BCUT2D eigenvalue weighted by Crippen LogP contribution is 2.40. The number of hydrogen-bond donors (Lipinski definition) is 2. The van der Waals surface area contributed by atoms with Crippen molar-refractivity contribution in [2.24, 2.45) is 5.73 Å². The molecular weight excluding hydrogens is 346 g/mol.